The molecule has 1 aromatic carbocycles. The molecule has 3 aromatic rings. The van der Waals surface area contributed by atoms with Crippen LogP contribution in [0.1, 0.15) is 11.3 Å². The van der Waals surface area contributed by atoms with Crippen molar-refractivity contribution >= 4 is 45.7 Å². The lowest BCUT2D eigenvalue weighted by Gasteiger charge is -2.17. The lowest BCUT2D eigenvalue weighted by atomic mass is 10.3. The average Bonchev–Trinajstić information content (AvgIpc) is 3.38. The van der Waals surface area contributed by atoms with Crippen LogP contribution in [0.4, 0.5) is 5.95 Å². The van der Waals surface area contributed by atoms with Crippen molar-refractivity contribution in [1.29, 1.82) is 0 Å². The molecule has 1 aliphatic heterocycles. The van der Waals surface area contributed by atoms with Crippen LogP contribution in [0.5, 0.6) is 0 Å². The number of aromatic nitrogens is 2. The SMILES string of the molecule is S=C=NCCN1CCC(Nc2nc3ccccc3n2Cc2cccs2)C1. The van der Waals surface area contributed by atoms with Crippen LogP contribution in [0.25, 0.3) is 11.0 Å². The van der Waals surface area contributed by atoms with Crippen molar-refractivity contribution in [2.24, 2.45) is 4.99 Å². The van der Waals surface area contributed by atoms with Crippen molar-refractivity contribution in [3.05, 3.63) is 46.7 Å². The van der Waals surface area contributed by atoms with Gasteiger partial charge in [0, 0.05) is 30.6 Å². The molecule has 0 saturated carbocycles. The molecule has 0 amide bonds. The molecule has 134 valence electrons. The minimum atomic E-state index is 0.408. The number of imidazole rings is 1. The summed E-state index contributed by atoms with van der Waals surface area (Å²) in [6.07, 6.45) is 1.11. The molecule has 5 nitrogen and oxygen atoms in total. The quantitative estimate of drug-likeness (QED) is 0.499. The average molecular weight is 384 g/mol. The van der Waals surface area contributed by atoms with Gasteiger partial charge >= 0.3 is 0 Å². The molecule has 3 heterocycles. The number of fused-ring (bicyclic) bond motifs is 1. The third kappa shape index (κ3) is 3.86. The molecule has 26 heavy (non-hydrogen) atoms. The summed E-state index contributed by atoms with van der Waals surface area (Å²) < 4.78 is 2.29. The summed E-state index contributed by atoms with van der Waals surface area (Å²) >= 11 is 6.42. The fourth-order valence-corrected chi connectivity index (χ4v) is 4.26. The highest BCUT2D eigenvalue weighted by Gasteiger charge is 2.23. The molecule has 0 radical (unpaired) electrons. The minimum absolute atomic E-state index is 0.408. The number of likely N-dealkylation sites (tertiary alicyclic amines) is 1. The number of para-hydroxylation sites is 2. The van der Waals surface area contributed by atoms with E-state index in [1.54, 1.807) is 11.3 Å². The molecule has 2 aromatic heterocycles. The van der Waals surface area contributed by atoms with Crippen molar-refractivity contribution in [3.63, 3.8) is 0 Å². The second-order valence-electron chi connectivity index (χ2n) is 6.49. The summed E-state index contributed by atoms with van der Waals surface area (Å²) in [4.78, 5) is 12.6. The maximum Gasteiger partial charge on any atom is 0.204 e. The van der Waals surface area contributed by atoms with E-state index in [0.29, 0.717) is 6.04 Å². The van der Waals surface area contributed by atoms with Gasteiger partial charge in [-0.25, -0.2) is 9.98 Å². The fraction of sp³-hybridized carbons (Fsp3) is 0.368. The molecule has 1 saturated heterocycles. The van der Waals surface area contributed by atoms with E-state index in [9.17, 15) is 0 Å². The van der Waals surface area contributed by atoms with Gasteiger partial charge in [0.25, 0.3) is 0 Å². The molecule has 1 fully saturated rings. The third-order valence-corrected chi connectivity index (χ3v) is 5.74. The summed E-state index contributed by atoms with van der Waals surface area (Å²) in [5, 5.41) is 8.24. The third-order valence-electron chi connectivity index (χ3n) is 4.75. The van der Waals surface area contributed by atoms with Gasteiger partial charge in [-0.05, 0) is 42.2 Å². The van der Waals surface area contributed by atoms with Crippen molar-refractivity contribution in [1.82, 2.24) is 14.5 Å². The van der Waals surface area contributed by atoms with Crippen LogP contribution < -0.4 is 5.32 Å². The molecule has 1 atom stereocenters. The number of thiophene rings is 1. The number of hydrogen-bond acceptors (Lipinski definition) is 6. The number of aliphatic imine (C=N–C) groups is 1. The Morgan fingerprint density at radius 1 is 1.31 bits per heavy atom. The lowest BCUT2D eigenvalue weighted by molar-refractivity contribution is 0.346. The number of hydrogen-bond donors (Lipinski definition) is 1. The van der Waals surface area contributed by atoms with Crippen molar-refractivity contribution in [2.75, 3.05) is 31.5 Å². The highest BCUT2D eigenvalue weighted by atomic mass is 32.1. The van der Waals surface area contributed by atoms with Gasteiger partial charge in [-0.3, -0.25) is 4.90 Å². The van der Waals surface area contributed by atoms with E-state index >= 15 is 0 Å². The standard InChI is InChI=1S/C19H21N5S2/c25-14-20-8-10-23-9-7-15(12-23)21-19-22-17-5-1-2-6-18(17)24(19)13-16-4-3-11-26-16/h1-6,11,15H,7-10,12-13H2,(H,21,22). The number of isothiocyanates is 1. The zero-order valence-electron chi connectivity index (χ0n) is 14.5. The first-order valence-corrected chi connectivity index (χ1v) is 10.1. The summed E-state index contributed by atoms with van der Waals surface area (Å²) in [5.41, 5.74) is 2.21. The summed E-state index contributed by atoms with van der Waals surface area (Å²) in [7, 11) is 0. The first-order valence-electron chi connectivity index (χ1n) is 8.83. The van der Waals surface area contributed by atoms with Gasteiger partial charge in [0.2, 0.25) is 5.95 Å². The molecular weight excluding hydrogens is 362 g/mol. The van der Waals surface area contributed by atoms with Crippen LogP contribution in [-0.2, 0) is 6.54 Å². The van der Waals surface area contributed by atoms with Gasteiger partial charge in [0.05, 0.1) is 29.3 Å². The van der Waals surface area contributed by atoms with E-state index in [4.69, 9.17) is 4.98 Å². The van der Waals surface area contributed by atoms with Crippen molar-refractivity contribution < 1.29 is 0 Å². The number of nitrogens with one attached hydrogen (secondary N) is 1. The largest absolute Gasteiger partial charge is 0.352 e. The van der Waals surface area contributed by atoms with Gasteiger partial charge in [-0.2, -0.15) is 0 Å². The van der Waals surface area contributed by atoms with E-state index in [0.717, 1.165) is 50.6 Å². The molecule has 0 aliphatic carbocycles. The molecule has 0 spiro atoms. The number of benzene rings is 1. The van der Waals surface area contributed by atoms with E-state index < -0.39 is 0 Å². The number of anilines is 1. The Labute approximate surface area is 162 Å². The Bertz CT molecular complexity index is 911. The van der Waals surface area contributed by atoms with E-state index in [1.165, 1.54) is 10.4 Å². The van der Waals surface area contributed by atoms with Crippen LogP contribution in [0.2, 0.25) is 0 Å². The van der Waals surface area contributed by atoms with Crippen LogP contribution >= 0.6 is 23.6 Å². The predicted molar refractivity (Wildman–Crippen MR) is 112 cm³/mol. The van der Waals surface area contributed by atoms with E-state index in [2.05, 4.69) is 72.9 Å². The van der Waals surface area contributed by atoms with E-state index in [1.807, 2.05) is 6.07 Å². The second kappa shape index (κ2) is 8.10. The second-order valence-corrected chi connectivity index (χ2v) is 7.71. The van der Waals surface area contributed by atoms with Crippen LogP contribution in [-0.4, -0.2) is 51.8 Å². The number of nitrogens with zero attached hydrogens (tertiary/aromatic N) is 4. The summed E-state index contributed by atoms with van der Waals surface area (Å²) in [6.45, 7) is 4.60. The molecule has 1 unspecified atom stereocenters. The smallest absolute Gasteiger partial charge is 0.204 e. The fourth-order valence-electron chi connectivity index (χ4n) is 3.48. The highest BCUT2D eigenvalue weighted by Crippen LogP contribution is 2.24. The molecule has 0 bridgehead atoms. The highest BCUT2D eigenvalue weighted by molar-refractivity contribution is 7.78. The van der Waals surface area contributed by atoms with Crippen molar-refractivity contribution in [3.8, 4) is 0 Å². The predicted octanol–water partition coefficient (Wildman–Crippen LogP) is 3.74. The molecular formula is C19H21N5S2. The lowest BCUT2D eigenvalue weighted by Crippen LogP contribution is -2.29. The Morgan fingerprint density at radius 2 is 2.23 bits per heavy atom. The Hall–Kier alpha value is -2.05. The van der Waals surface area contributed by atoms with Crippen LogP contribution in [0.15, 0.2) is 46.8 Å². The zero-order valence-corrected chi connectivity index (χ0v) is 16.1. The number of thiocarbonyl (C=S) groups is 1. The molecule has 1 aliphatic rings. The van der Waals surface area contributed by atoms with Crippen molar-refractivity contribution in [2.45, 2.75) is 19.0 Å². The topological polar surface area (TPSA) is 45.4 Å². The van der Waals surface area contributed by atoms with Gasteiger partial charge < -0.3 is 9.88 Å². The van der Waals surface area contributed by atoms with E-state index in [-0.39, 0.29) is 0 Å². The molecule has 4 rings (SSSR count). The maximum absolute atomic E-state index is 4.85. The first-order chi connectivity index (χ1) is 12.8. The van der Waals surface area contributed by atoms with Crippen LogP contribution in [0.3, 0.4) is 0 Å². The minimum Gasteiger partial charge on any atom is -0.352 e. The maximum atomic E-state index is 4.85. The van der Waals surface area contributed by atoms with Gasteiger partial charge in [-0.15, -0.1) is 11.3 Å². The monoisotopic (exact) mass is 383 g/mol. The Morgan fingerprint density at radius 3 is 3.08 bits per heavy atom. The molecule has 1 N–H and O–H groups in total. The summed E-state index contributed by atoms with van der Waals surface area (Å²) in [5.74, 6) is 0.961. The van der Waals surface area contributed by atoms with Crippen LogP contribution in [0, 0.1) is 0 Å². The summed E-state index contributed by atoms with van der Waals surface area (Å²) in [6, 6.07) is 13.0. The zero-order chi connectivity index (χ0) is 17.8. The van der Waals surface area contributed by atoms with Gasteiger partial charge in [0.15, 0.2) is 0 Å². The van der Waals surface area contributed by atoms with Gasteiger partial charge in [0.1, 0.15) is 0 Å². The van der Waals surface area contributed by atoms with Gasteiger partial charge in [-0.1, -0.05) is 18.2 Å². The Balaban J connectivity index is 1.52. The normalized spacial score (nSPS) is 17.5. The Kier molecular flexibility index (Phi) is 5.41. The number of rotatable bonds is 7. The first kappa shape index (κ1) is 17.4. The molecule has 7 heteroatoms.